The Labute approximate surface area is 147 Å². The lowest BCUT2D eigenvalue weighted by molar-refractivity contribution is 0.293. The minimum Gasteiger partial charge on any atom is -0.270 e. The van der Waals surface area contributed by atoms with Crippen LogP contribution in [-0.2, 0) is 20.7 Å². The van der Waals surface area contributed by atoms with Crippen LogP contribution in [0.2, 0.25) is 10.0 Å². The molecule has 6 heteroatoms. The van der Waals surface area contributed by atoms with Crippen molar-refractivity contribution in [2.75, 3.05) is 12.9 Å². The highest BCUT2D eigenvalue weighted by atomic mass is 35.5. The summed E-state index contributed by atoms with van der Waals surface area (Å²) >= 11 is 12.2. The third kappa shape index (κ3) is 5.50. The Bertz CT molecular complexity index is 788. The molecule has 0 aliphatic heterocycles. The number of rotatable bonds is 6. The first-order valence-electron chi connectivity index (χ1n) is 7.10. The molecule has 124 valence electrons. The van der Waals surface area contributed by atoms with Crippen LogP contribution in [0.15, 0.2) is 42.5 Å². The maximum atomic E-state index is 11.4. The van der Waals surface area contributed by atoms with Crippen molar-refractivity contribution in [3.05, 3.63) is 69.2 Å². The van der Waals surface area contributed by atoms with Crippen molar-refractivity contribution in [1.29, 1.82) is 0 Å². The van der Waals surface area contributed by atoms with Crippen LogP contribution in [0.25, 0.3) is 0 Å². The number of hydrogen-bond donors (Lipinski definition) is 0. The van der Waals surface area contributed by atoms with Gasteiger partial charge in [0.15, 0.2) is 0 Å². The molecule has 0 saturated heterocycles. The smallest absolute Gasteiger partial charge is 0.264 e. The van der Waals surface area contributed by atoms with Crippen molar-refractivity contribution < 1.29 is 12.6 Å². The number of halogens is 2. The Balaban J connectivity index is 2.31. The third-order valence-corrected chi connectivity index (χ3v) is 4.74. The van der Waals surface area contributed by atoms with Gasteiger partial charge in [0.1, 0.15) is 0 Å². The van der Waals surface area contributed by atoms with Crippen LogP contribution in [-0.4, -0.2) is 21.3 Å². The molecule has 0 aliphatic carbocycles. The summed E-state index contributed by atoms with van der Waals surface area (Å²) in [4.78, 5) is 0. The van der Waals surface area contributed by atoms with Gasteiger partial charge in [0.25, 0.3) is 10.1 Å². The van der Waals surface area contributed by atoms with E-state index in [1.165, 1.54) is 0 Å². The molecule has 2 rings (SSSR count). The van der Waals surface area contributed by atoms with Gasteiger partial charge in [-0.15, -0.1) is 0 Å². The average molecular weight is 373 g/mol. The fourth-order valence-electron chi connectivity index (χ4n) is 2.46. The molecule has 0 N–H and O–H groups in total. The van der Waals surface area contributed by atoms with Gasteiger partial charge in [-0.3, -0.25) is 4.18 Å². The number of aryl methyl sites for hydroxylation is 1. The number of hydrogen-bond acceptors (Lipinski definition) is 3. The first-order valence-corrected chi connectivity index (χ1v) is 9.67. The molecule has 1 atom stereocenters. The molecule has 0 unspecified atom stereocenters. The Morgan fingerprint density at radius 3 is 2.43 bits per heavy atom. The summed E-state index contributed by atoms with van der Waals surface area (Å²) in [7, 11) is -3.50. The molecule has 0 spiro atoms. The molecule has 0 radical (unpaired) electrons. The largest absolute Gasteiger partial charge is 0.270 e. The fourth-order valence-corrected chi connectivity index (χ4v) is 3.36. The Morgan fingerprint density at radius 1 is 1.13 bits per heavy atom. The van der Waals surface area contributed by atoms with Crippen LogP contribution >= 0.6 is 23.2 Å². The Hall–Kier alpha value is -1.07. The molecule has 0 bridgehead atoms. The summed E-state index contributed by atoms with van der Waals surface area (Å²) in [5, 5.41) is 1.13. The molecule has 0 amide bonds. The van der Waals surface area contributed by atoms with Crippen molar-refractivity contribution in [2.45, 2.75) is 19.3 Å². The second-order valence-corrected chi connectivity index (χ2v) is 7.97. The van der Waals surface area contributed by atoms with Crippen molar-refractivity contribution in [3.63, 3.8) is 0 Å². The predicted molar refractivity (Wildman–Crippen MR) is 94.9 cm³/mol. The number of benzene rings is 2. The van der Waals surface area contributed by atoms with Crippen LogP contribution in [0.4, 0.5) is 0 Å². The van der Waals surface area contributed by atoms with Crippen molar-refractivity contribution in [3.8, 4) is 0 Å². The normalized spacial score (nSPS) is 13.0. The van der Waals surface area contributed by atoms with Gasteiger partial charge in [0, 0.05) is 16.0 Å². The first-order chi connectivity index (χ1) is 10.8. The van der Waals surface area contributed by atoms with Crippen LogP contribution in [0.3, 0.4) is 0 Å². The summed E-state index contributed by atoms with van der Waals surface area (Å²) in [5.41, 5.74) is 3.03. The van der Waals surface area contributed by atoms with Gasteiger partial charge >= 0.3 is 0 Å². The highest BCUT2D eigenvalue weighted by Gasteiger charge is 2.18. The van der Waals surface area contributed by atoms with Gasteiger partial charge < -0.3 is 0 Å². The predicted octanol–water partition coefficient (Wildman–Crippen LogP) is 4.60. The quantitative estimate of drug-likeness (QED) is 0.695. The molecule has 0 aromatic heterocycles. The van der Waals surface area contributed by atoms with E-state index in [-0.39, 0.29) is 12.5 Å². The second kappa shape index (κ2) is 7.67. The van der Waals surface area contributed by atoms with Crippen molar-refractivity contribution >= 4 is 33.3 Å². The van der Waals surface area contributed by atoms with Gasteiger partial charge in [-0.25, -0.2) is 0 Å². The third-order valence-electron chi connectivity index (χ3n) is 3.59. The van der Waals surface area contributed by atoms with Crippen molar-refractivity contribution in [1.82, 2.24) is 0 Å². The molecule has 0 heterocycles. The molecule has 23 heavy (non-hydrogen) atoms. The van der Waals surface area contributed by atoms with E-state index in [1.807, 2.05) is 37.3 Å². The summed E-state index contributed by atoms with van der Waals surface area (Å²) in [6, 6.07) is 13.2. The lowest BCUT2D eigenvalue weighted by Crippen LogP contribution is -2.15. The lowest BCUT2D eigenvalue weighted by Gasteiger charge is -2.20. The Kier molecular flexibility index (Phi) is 6.09. The zero-order valence-electron chi connectivity index (χ0n) is 12.9. The molecule has 2 aromatic rings. The lowest BCUT2D eigenvalue weighted by atomic mass is 9.90. The zero-order chi connectivity index (χ0) is 17.0. The highest BCUT2D eigenvalue weighted by molar-refractivity contribution is 7.85. The van der Waals surface area contributed by atoms with Gasteiger partial charge in [-0.2, -0.15) is 8.42 Å². The topological polar surface area (TPSA) is 43.4 Å². The molecule has 2 aromatic carbocycles. The fraction of sp³-hybridized carbons (Fsp3) is 0.294. The minimum absolute atomic E-state index is 0.0721. The van der Waals surface area contributed by atoms with E-state index in [0.29, 0.717) is 16.5 Å². The molecule has 0 fully saturated rings. The maximum Gasteiger partial charge on any atom is 0.264 e. The van der Waals surface area contributed by atoms with Crippen LogP contribution < -0.4 is 0 Å². The van der Waals surface area contributed by atoms with E-state index < -0.39 is 10.1 Å². The monoisotopic (exact) mass is 372 g/mol. The first kappa shape index (κ1) is 18.3. The van der Waals surface area contributed by atoms with Gasteiger partial charge in [-0.1, -0.05) is 53.5 Å². The van der Waals surface area contributed by atoms with E-state index in [4.69, 9.17) is 27.4 Å². The van der Waals surface area contributed by atoms with Gasteiger partial charge in [-0.05, 0) is 42.2 Å². The van der Waals surface area contributed by atoms with E-state index in [1.54, 1.807) is 12.1 Å². The standard InChI is InChI=1S/C17H18Cl2O3S/c1-12-5-3-4-6-16(12)14(11-22-23(2,20)21)9-13-7-8-15(18)10-17(13)19/h3-8,10,14H,9,11H2,1-2H3/t14-/m1/s1. The van der Waals surface area contributed by atoms with E-state index >= 15 is 0 Å². The second-order valence-electron chi connectivity index (χ2n) is 5.48. The molecular weight excluding hydrogens is 355 g/mol. The summed E-state index contributed by atoms with van der Waals surface area (Å²) in [6.07, 6.45) is 1.62. The van der Waals surface area contributed by atoms with Crippen LogP contribution in [0.1, 0.15) is 22.6 Å². The summed E-state index contributed by atoms with van der Waals surface area (Å²) in [6.45, 7) is 2.06. The Morgan fingerprint density at radius 2 is 1.83 bits per heavy atom. The van der Waals surface area contributed by atoms with Crippen molar-refractivity contribution in [2.24, 2.45) is 0 Å². The molecular formula is C17H18Cl2O3S. The van der Waals surface area contributed by atoms with Gasteiger partial charge in [0.2, 0.25) is 0 Å². The molecule has 0 aliphatic rings. The molecule has 3 nitrogen and oxygen atoms in total. The van der Waals surface area contributed by atoms with E-state index in [0.717, 1.165) is 22.9 Å². The van der Waals surface area contributed by atoms with E-state index in [2.05, 4.69) is 0 Å². The maximum absolute atomic E-state index is 11.4. The van der Waals surface area contributed by atoms with E-state index in [9.17, 15) is 8.42 Å². The summed E-state index contributed by atoms with van der Waals surface area (Å²) < 4.78 is 27.7. The minimum atomic E-state index is -3.50. The highest BCUT2D eigenvalue weighted by Crippen LogP contribution is 2.29. The molecule has 0 saturated carbocycles. The SMILES string of the molecule is Cc1ccccc1[C@@H](COS(C)(=O)=O)Cc1ccc(Cl)cc1Cl. The zero-order valence-corrected chi connectivity index (χ0v) is 15.3. The van der Waals surface area contributed by atoms with Gasteiger partial charge in [0.05, 0.1) is 12.9 Å². The van der Waals surface area contributed by atoms with Crippen LogP contribution in [0.5, 0.6) is 0 Å². The van der Waals surface area contributed by atoms with Crippen LogP contribution in [0, 0.1) is 6.92 Å². The average Bonchev–Trinajstić information content (AvgIpc) is 2.45. The summed E-state index contributed by atoms with van der Waals surface area (Å²) in [5.74, 6) is -0.121.